The van der Waals surface area contributed by atoms with Gasteiger partial charge in [-0.3, -0.25) is 4.79 Å². The summed E-state index contributed by atoms with van der Waals surface area (Å²) >= 11 is 3.35. The second kappa shape index (κ2) is 3.38. The molecule has 0 aliphatic carbocycles. The fourth-order valence-electron chi connectivity index (χ4n) is 1.27. The molecule has 2 N–H and O–H groups in total. The molecule has 4 heteroatoms. The third-order valence-corrected chi connectivity index (χ3v) is 2.46. The van der Waals surface area contributed by atoms with Crippen molar-refractivity contribution in [3.05, 3.63) is 34.3 Å². The van der Waals surface area contributed by atoms with Gasteiger partial charge in [-0.25, -0.2) is 4.98 Å². The molecule has 0 aliphatic heterocycles. The Kier molecular flexibility index (Phi) is 2.21. The fraction of sp³-hybridized carbons (Fsp3) is 0. The molecule has 0 saturated carbocycles. The van der Waals surface area contributed by atoms with Crippen LogP contribution < -0.4 is 5.73 Å². The van der Waals surface area contributed by atoms with E-state index in [1.807, 2.05) is 18.2 Å². The number of benzene rings is 1. The van der Waals surface area contributed by atoms with Crippen LogP contribution in [0.1, 0.15) is 10.4 Å². The molecule has 3 nitrogen and oxygen atoms in total. The van der Waals surface area contributed by atoms with Gasteiger partial charge in [0, 0.05) is 9.86 Å². The summed E-state index contributed by atoms with van der Waals surface area (Å²) in [6, 6.07) is 7.36. The van der Waals surface area contributed by atoms with E-state index in [0.717, 1.165) is 15.4 Å². The second-order valence-corrected chi connectivity index (χ2v) is 3.83. The van der Waals surface area contributed by atoms with E-state index in [-0.39, 0.29) is 5.82 Å². The lowest BCUT2D eigenvalue weighted by Gasteiger charge is -2.01. The molecule has 1 heterocycles. The molecule has 0 fully saturated rings. The average Bonchev–Trinajstić information content (AvgIpc) is 2.17. The zero-order chi connectivity index (χ0) is 10.1. The first-order valence-corrected chi connectivity index (χ1v) is 4.81. The Morgan fingerprint density at radius 2 is 2.14 bits per heavy atom. The molecule has 1 aromatic heterocycles. The number of aldehydes is 1. The minimum absolute atomic E-state index is 0.273. The highest BCUT2D eigenvalue weighted by Crippen LogP contribution is 2.21. The molecule has 0 spiro atoms. The summed E-state index contributed by atoms with van der Waals surface area (Å²) in [5.74, 6) is 0.273. The van der Waals surface area contributed by atoms with Gasteiger partial charge in [0.05, 0.1) is 11.1 Å². The summed E-state index contributed by atoms with van der Waals surface area (Å²) in [5, 5.41) is 0.899. The molecule has 0 aliphatic rings. The van der Waals surface area contributed by atoms with Crippen LogP contribution in [0.5, 0.6) is 0 Å². The van der Waals surface area contributed by atoms with Crippen molar-refractivity contribution in [2.24, 2.45) is 0 Å². The van der Waals surface area contributed by atoms with Crippen LogP contribution in [0, 0.1) is 0 Å². The van der Waals surface area contributed by atoms with E-state index < -0.39 is 0 Å². The van der Waals surface area contributed by atoms with Crippen LogP contribution in [-0.2, 0) is 0 Å². The first-order chi connectivity index (χ1) is 6.70. The molecular formula is C10H7BrN2O. The number of halogens is 1. The lowest BCUT2D eigenvalue weighted by atomic mass is 10.1. The smallest absolute Gasteiger partial charge is 0.153 e. The van der Waals surface area contributed by atoms with Crippen molar-refractivity contribution in [2.45, 2.75) is 0 Å². The van der Waals surface area contributed by atoms with E-state index >= 15 is 0 Å². The third kappa shape index (κ3) is 1.48. The van der Waals surface area contributed by atoms with Gasteiger partial charge in [0.15, 0.2) is 6.29 Å². The maximum absolute atomic E-state index is 10.6. The molecule has 0 atom stereocenters. The summed E-state index contributed by atoms with van der Waals surface area (Å²) in [4.78, 5) is 14.7. The number of pyridine rings is 1. The minimum atomic E-state index is 0.273. The van der Waals surface area contributed by atoms with Gasteiger partial charge in [-0.2, -0.15) is 0 Å². The third-order valence-electron chi connectivity index (χ3n) is 1.96. The monoisotopic (exact) mass is 250 g/mol. The number of nitrogens with two attached hydrogens (primary N) is 1. The van der Waals surface area contributed by atoms with Gasteiger partial charge in [0.1, 0.15) is 5.82 Å². The molecular weight excluding hydrogens is 244 g/mol. The van der Waals surface area contributed by atoms with Crippen LogP contribution in [0.2, 0.25) is 0 Å². The molecule has 0 unspecified atom stereocenters. The number of nitrogen functional groups attached to an aromatic ring is 1. The predicted octanol–water partition coefficient (Wildman–Crippen LogP) is 2.39. The number of anilines is 1. The molecule has 2 rings (SSSR count). The molecule has 0 radical (unpaired) electrons. The first kappa shape index (κ1) is 9.15. The maximum Gasteiger partial charge on any atom is 0.153 e. The summed E-state index contributed by atoms with van der Waals surface area (Å²) < 4.78 is 0.952. The van der Waals surface area contributed by atoms with E-state index in [4.69, 9.17) is 5.73 Å². The lowest BCUT2D eigenvalue weighted by molar-refractivity contribution is 0.112. The summed E-state index contributed by atoms with van der Waals surface area (Å²) in [6.45, 7) is 0. The van der Waals surface area contributed by atoms with Crippen LogP contribution in [-0.4, -0.2) is 11.3 Å². The van der Waals surface area contributed by atoms with Crippen molar-refractivity contribution in [2.75, 3.05) is 5.73 Å². The molecule has 0 saturated heterocycles. The van der Waals surface area contributed by atoms with Crippen LogP contribution in [0.4, 0.5) is 5.82 Å². The Morgan fingerprint density at radius 3 is 2.86 bits per heavy atom. The quantitative estimate of drug-likeness (QED) is 0.791. The zero-order valence-corrected chi connectivity index (χ0v) is 8.78. The standard InChI is InChI=1S/C10H7BrN2O/c11-8-1-2-9-6(4-8)3-7(5-14)10(12)13-9/h1-5H,(H2,12,13). The number of hydrogen-bond acceptors (Lipinski definition) is 3. The Balaban J connectivity index is 2.79. The highest BCUT2D eigenvalue weighted by molar-refractivity contribution is 9.10. The first-order valence-electron chi connectivity index (χ1n) is 4.01. The van der Waals surface area contributed by atoms with E-state index in [1.54, 1.807) is 6.07 Å². The number of aromatic nitrogens is 1. The summed E-state index contributed by atoms with van der Waals surface area (Å²) in [5.41, 5.74) is 6.80. The van der Waals surface area contributed by atoms with Crippen molar-refractivity contribution in [3.63, 3.8) is 0 Å². The highest BCUT2D eigenvalue weighted by atomic mass is 79.9. The molecule has 70 valence electrons. The Hall–Kier alpha value is -1.42. The maximum atomic E-state index is 10.6. The molecule has 0 amide bonds. The number of rotatable bonds is 1. The van der Waals surface area contributed by atoms with Crippen molar-refractivity contribution < 1.29 is 4.79 Å². The van der Waals surface area contributed by atoms with Crippen molar-refractivity contribution in [3.8, 4) is 0 Å². The van der Waals surface area contributed by atoms with Gasteiger partial charge in [-0.15, -0.1) is 0 Å². The number of carbonyl (C=O) groups excluding carboxylic acids is 1. The largest absolute Gasteiger partial charge is 0.383 e. The van der Waals surface area contributed by atoms with Crippen LogP contribution in [0.25, 0.3) is 10.9 Å². The van der Waals surface area contributed by atoms with Crippen molar-refractivity contribution in [1.29, 1.82) is 0 Å². The van der Waals surface area contributed by atoms with Gasteiger partial charge < -0.3 is 5.73 Å². The lowest BCUT2D eigenvalue weighted by Crippen LogP contribution is -1.96. The molecule has 14 heavy (non-hydrogen) atoms. The summed E-state index contributed by atoms with van der Waals surface area (Å²) in [6.07, 6.45) is 0.711. The number of carbonyl (C=O) groups is 1. The molecule has 0 bridgehead atoms. The Morgan fingerprint density at radius 1 is 1.36 bits per heavy atom. The number of nitrogens with zero attached hydrogens (tertiary/aromatic N) is 1. The average molecular weight is 251 g/mol. The van der Waals surface area contributed by atoms with Gasteiger partial charge in [0.25, 0.3) is 0 Å². The van der Waals surface area contributed by atoms with Crippen LogP contribution in [0.3, 0.4) is 0 Å². The Bertz CT molecular complexity index is 511. The van der Waals surface area contributed by atoms with Gasteiger partial charge in [-0.05, 0) is 24.3 Å². The van der Waals surface area contributed by atoms with Crippen LogP contribution >= 0.6 is 15.9 Å². The van der Waals surface area contributed by atoms with Gasteiger partial charge in [-0.1, -0.05) is 15.9 Å². The summed E-state index contributed by atoms with van der Waals surface area (Å²) in [7, 11) is 0. The number of hydrogen-bond donors (Lipinski definition) is 1. The van der Waals surface area contributed by atoms with E-state index in [1.165, 1.54) is 0 Å². The molecule has 1 aromatic carbocycles. The zero-order valence-electron chi connectivity index (χ0n) is 7.20. The minimum Gasteiger partial charge on any atom is -0.383 e. The van der Waals surface area contributed by atoms with Crippen LogP contribution in [0.15, 0.2) is 28.7 Å². The van der Waals surface area contributed by atoms with Crippen molar-refractivity contribution >= 4 is 38.9 Å². The predicted molar refractivity (Wildman–Crippen MR) is 59.2 cm³/mol. The topological polar surface area (TPSA) is 56.0 Å². The SMILES string of the molecule is Nc1nc2ccc(Br)cc2cc1C=O. The molecule has 2 aromatic rings. The fourth-order valence-corrected chi connectivity index (χ4v) is 1.65. The number of fused-ring (bicyclic) bond motifs is 1. The Labute approximate surface area is 89.1 Å². The van der Waals surface area contributed by atoms with E-state index in [9.17, 15) is 4.79 Å². The van der Waals surface area contributed by atoms with Crippen molar-refractivity contribution in [1.82, 2.24) is 4.98 Å². The highest BCUT2D eigenvalue weighted by Gasteiger charge is 2.02. The normalized spacial score (nSPS) is 10.4. The van der Waals surface area contributed by atoms with Gasteiger partial charge >= 0.3 is 0 Å². The second-order valence-electron chi connectivity index (χ2n) is 2.92. The van der Waals surface area contributed by atoms with Gasteiger partial charge in [0.2, 0.25) is 0 Å². The van der Waals surface area contributed by atoms with E-state index in [0.29, 0.717) is 11.8 Å². The van der Waals surface area contributed by atoms with E-state index in [2.05, 4.69) is 20.9 Å².